The van der Waals surface area contributed by atoms with Gasteiger partial charge in [-0.15, -0.1) is 0 Å². The maximum absolute atomic E-state index is 13.1. The lowest BCUT2D eigenvalue weighted by atomic mass is 9.99. The Kier molecular flexibility index (Phi) is 49.4. The SMILES string of the molecule is CC/C=C\C/C=C\C/C=C\C/C=C\C/C=C\CCCCCCCCCCCCCCCCCC(=O)NC(COC1OC(CO)C(O)C(O)C1O)C(O)CCCCCCCCCCCCCCCCCCCC. The first kappa shape index (κ1) is 67.9. The van der Waals surface area contributed by atoms with Crippen LogP contribution in [-0.2, 0) is 14.3 Å². The van der Waals surface area contributed by atoms with Gasteiger partial charge in [0.15, 0.2) is 6.29 Å². The number of ether oxygens (including phenoxy) is 2. The first-order chi connectivity index (χ1) is 35.3. The van der Waals surface area contributed by atoms with Gasteiger partial charge in [0.2, 0.25) is 5.91 Å². The first-order valence-corrected chi connectivity index (χ1v) is 30.5. The van der Waals surface area contributed by atoms with E-state index in [1.54, 1.807) is 0 Å². The number of hydrogen-bond acceptors (Lipinski definition) is 8. The fraction of sp³-hybridized carbons (Fsp3) is 0.825. The number of unbranched alkanes of at least 4 members (excludes halogenated alkanes) is 32. The van der Waals surface area contributed by atoms with Crippen molar-refractivity contribution in [2.24, 2.45) is 0 Å². The van der Waals surface area contributed by atoms with Crippen molar-refractivity contribution in [3.63, 3.8) is 0 Å². The highest BCUT2D eigenvalue weighted by atomic mass is 16.7. The molecule has 1 amide bonds. The quantitative estimate of drug-likeness (QED) is 0.0261. The van der Waals surface area contributed by atoms with E-state index in [2.05, 4.69) is 79.9 Å². The van der Waals surface area contributed by atoms with Crippen molar-refractivity contribution in [1.29, 1.82) is 0 Å². The van der Waals surface area contributed by atoms with Crippen LogP contribution < -0.4 is 5.32 Å². The van der Waals surface area contributed by atoms with Crippen LogP contribution in [0.15, 0.2) is 60.8 Å². The Morgan fingerprint density at radius 2 is 0.861 bits per heavy atom. The monoisotopic (exact) mass is 1010 g/mol. The molecule has 6 N–H and O–H groups in total. The molecule has 1 heterocycles. The lowest BCUT2D eigenvalue weighted by Gasteiger charge is -2.40. The van der Waals surface area contributed by atoms with Crippen molar-refractivity contribution in [2.45, 2.75) is 320 Å². The van der Waals surface area contributed by atoms with Crippen molar-refractivity contribution in [1.82, 2.24) is 5.32 Å². The van der Waals surface area contributed by atoms with Crippen molar-refractivity contribution in [2.75, 3.05) is 13.2 Å². The molecule has 1 saturated heterocycles. The normalized spacial score (nSPS) is 19.6. The predicted octanol–water partition coefficient (Wildman–Crippen LogP) is 15.5. The van der Waals surface area contributed by atoms with Crippen LogP contribution in [0.1, 0.15) is 277 Å². The highest BCUT2D eigenvalue weighted by molar-refractivity contribution is 5.76. The van der Waals surface area contributed by atoms with E-state index in [0.717, 1.165) is 70.6 Å². The molecule has 1 rings (SSSR count). The van der Waals surface area contributed by atoms with Gasteiger partial charge in [0.05, 0.1) is 25.4 Å². The molecule has 0 spiro atoms. The Morgan fingerprint density at radius 3 is 1.28 bits per heavy atom. The average molecular weight is 1010 g/mol. The number of allylic oxidation sites excluding steroid dienone is 10. The number of carbonyl (C=O) groups excluding carboxylic acids is 1. The van der Waals surface area contributed by atoms with Gasteiger partial charge < -0.3 is 40.3 Å². The summed E-state index contributed by atoms with van der Waals surface area (Å²) in [5, 5.41) is 54.7. The molecule has 0 aromatic rings. The van der Waals surface area contributed by atoms with E-state index < -0.39 is 49.5 Å². The largest absolute Gasteiger partial charge is 0.394 e. The van der Waals surface area contributed by atoms with Gasteiger partial charge in [-0.2, -0.15) is 0 Å². The summed E-state index contributed by atoms with van der Waals surface area (Å²) < 4.78 is 11.3. The average Bonchev–Trinajstić information content (AvgIpc) is 3.38. The van der Waals surface area contributed by atoms with Gasteiger partial charge >= 0.3 is 0 Å². The summed E-state index contributed by atoms with van der Waals surface area (Å²) in [4.78, 5) is 13.1. The predicted molar refractivity (Wildman–Crippen MR) is 304 cm³/mol. The van der Waals surface area contributed by atoms with E-state index in [0.29, 0.717) is 12.8 Å². The molecular formula is C63H115NO8. The van der Waals surface area contributed by atoms with E-state index in [1.807, 2.05) is 0 Å². The molecule has 420 valence electrons. The number of rotatable bonds is 52. The Balaban J connectivity index is 2.15. The molecule has 9 nitrogen and oxygen atoms in total. The summed E-state index contributed by atoms with van der Waals surface area (Å²) in [5.41, 5.74) is 0. The summed E-state index contributed by atoms with van der Waals surface area (Å²) >= 11 is 0. The Hall–Kier alpha value is -2.11. The third-order valence-electron chi connectivity index (χ3n) is 14.4. The fourth-order valence-corrected chi connectivity index (χ4v) is 9.60. The summed E-state index contributed by atoms with van der Waals surface area (Å²) in [5.74, 6) is -0.143. The maximum Gasteiger partial charge on any atom is 0.220 e. The maximum atomic E-state index is 13.1. The Bertz CT molecular complexity index is 1310. The van der Waals surface area contributed by atoms with E-state index in [1.165, 1.54) is 180 Å². The van der Waals surface area contributed by atoms with Gasteiger partial charge in [0, 0.05) is 6.42 Å². The first-order valence-electron chi connectivity index (χ1n) is 30.5. The number of hydrogen-bond donors (Lipinski definition) is 6. The van der Waals surface area contributed by atoms with Crippen LogP contribution in [-0.4, -0.2) is 87.5 Å². The van der Waals surface area contributed by atoms with Gasteiger partial charge in [-0.05, 0) is 57.8 Å². The Morgan fingerprint density at radius 1 is 0.486 bits per heavy atom. The zero-order valence-corrected chi connectivity index (χ0v) is 46.7. The summed E-state index contributed by atoms with van der Waals surface area (Å²) in [6.07, 6.45) is 63.9. The van der Waals surface area contributed by atoms with Gasteiger partial charge in [-0.1, -0.05) is 274 Å². The van der Waals surface area contributed by atoms with E-state index in [4.69, 9.17) is 9.47 Å². The van der Waals surface area contributed by atoms with E-state index in [9.17, 15) is 30.3 Å². The molecule has 0 saturated carbocycles. The number of aliphatic hydroxyl groups excluding tert-OH is 5. The smallest absolute Gasteiger partial charge is 0.220 e. The fourth-order valence-electron chi connectivity index (χ4n) is 9.60. The molecule has 1 fully saturated rings. The number of aliphatic hydroxyl groups is 5. The van der Waals surface area contributed by atoms with Gasteiger partial charge in [0.25, 0.3) is 0 Å². The molecule has 1 aliphatic heterocycles. The van der Waals surface area contributed by atoms with Gasteiger partial charge in [-0.3, -0.25) is 4.79 Å². The zero-order chi connectivity index (χ0) is 52.2. The number of nitrogens with one attached hydrogen (secondary N) is 1. The van der Waals surface area contributed by atoms with E-state index >= 15 is 0 Å². The number of carbonyl (C=O) groups is 1. The molecule has 0 radical (unpaired) electrons. The lowest BCUT2D eigenvalue weighted by molar-refractivity contribution is -0.302. The summed E-state index contributed by atoms with van der Waals surface area (Å²) in [6, 6.07) is -0.721. The van der Waals surface area contributed by atoms with Crippen LogP contribution in [0.25, 0.3) is 0 Å². The third kappa shape index (κ3) is 41.2. The summed E-state index contributed by atoms with van der Waals surface area (Å²) in [7, 11) is 0. The van der Waals surface area contributed by atoms with Crippen LogP contribution in [0, 0.1) is 0 Å². The molecule has 7 unspecified atom stereocenters. The highest BCUT2D eigenvalue weighted by Crippen LogP contribution is 2.23. The molecule has 7 atom stereocenters. The molecule has 0 aromatic carbocycles. The second-order valence-corrected chi connectivity index (χ2v) is 21.1. The third-order valence-corrected chi connectivity index (χ3v) is 14.4. The minimum absolute atomic E-state index is 0.137. The molecule has 0 bridgehead atoms. The molecule has 0 aliphatic carbocycles. The van der Waals surface area contributed by atoms with Crippen LogP contribution in [0.2, 0.25) is 0 Å². The van der Waals surface area contributed by atoms with Crippen LogP contribution >= 0.6 is 0 Å². The van der Waals surface area contributed by atoms with Crippen molar-refractivity contribution < 1.29 is 39.8 Å². The van der Waals surface area contributed by atoms with Crippen molar-refractivity contribution in [3.8, 4) is 0 Å². The molecule has 72 heavy (non-hydrogen) atoms. The minimum Gasteiger partial charge on any atom is -0.394 e. The van der Waals surface area contributed by atoms with Crippen molar-refractivity contribution >= 4 is 5.91 Å². The number of amides is 1. The second kappa shape index (κ2) is 52.3. The van der Waals surface area contributed by atoms with Gasteiger partial charge in [0.1, 0.15) is 24.4 Å². The second-order valence-electron chi connectivity index (χ2n) is 21.1. The molecular weight excluding hydrogens is 899 g/mol. The van der Waals surface area contributed by atoms with Crippen molar-refractivity contribution in [3.05, 3.63) is 60.8 Å². The highest BCUT2D eigenvalue weighted by Gasteiger charge is 2.44. The molecule has 0 aromatic heterocycles. The zero-order valence-electron chi connectivity index (χ0n) is 46.7. The van der Waals surface area contributed by atoms with Crippen LogP contribution in [0.4, 0.5) is 0 Å². The van der Waals surface area contributed by atoms with E-state index in [-0.39, 0.29) is 12.5 Å². The van der Waals surface area contributed by atoms with Crippen LogP contribution in [0.5, 0.6) is 0 Å². The lowest BCUT2D eigenvalue weighted by Crippen LogP contribution is -2.60. The summed E-state index contributed by atoms with van der Waals surface area (Å²) in [6.45, 7) is 3.75. The van der Waals surface area contributed by atoms with Crippen LogP contribution in [0.3, 0.4) is 0 Å². The van der Waals surface area contributed by atoms with Gasteiger partial charge in [-0.25, -0.2) is 0 Å². The standard InChI is InChI=1S/C63H115NO8/c1-3-5-7-9-11-13-15-17-19-21-23-24-25-26-27-28-29-30-31-32-33-34-35-37-39-41-43-45-47-49-51-53-59(67)64-56(55-71-63-62(70)61(69)60(68)58(54-65)72-63)57(66)52-50-48-46-44-42-40-38-36-22-20-18-16-14-12-10-8-6-4-2/h5,7,11,13,17,19,23-24,26-27,56-58,60-63,65-66,68-70H,3-4,6,8-10,12,14-16,18,20-22,25,28-55H2,1-2H3,(H,64,67)/b7-5-,13-11-,19-17-,24-23-,27-26-. The topological polar surface area (TPSA) is 149 Å². The molecule has 9 heteroatoms. The minimum atomic E-state index is -1.55. The Labute approximate surface area is 443 Å². The molecule has 1 aliphatic rings.